The Morgan fingerprint density at radius 2 is 2.08 bits per heavy atom. The van der Waals surface area contributed by atoms with E-state index in [2.05, 4.69) is 20.3 Å². The van der Waals surface area contributed by atoms with Gasteiger partial charge >= 0.3 is 0 Å². The van der Waals surface area contributed by atoms with Gasteiger partial charge in [0.1, 0.15) is 23.7 Å². The van der Waals surface area contributed by atoms with Crippen LogP contribution in [0.25, 0.3) is 10.9 Å². The van der Waals surface area contributed by atoms with Crippen LogP contribution < -0.4 is 16.8 Å². The quantitative estimate of drug-likeness (QED) is 0.285. The molecule has 0 saturated heterocycles. The first kappa shape index (κ1) is 16.7. The van der Waals surface area contributed by atoms with Crippen LogP contribution in [0.3, 0.4) is 0 Å². The SMILES string of the molecule is N=C(c1cc2cc(O)ccc2[nH]1)c1c(N)ncnc1NCCCCN. The normalized spacial score (nSPS) is 10.9. The zero-order valence-electron chi connectivity index (χ0n) is 13.7. The molecule has 0 atom stereocenters. The zero-order valence-corrected chi connectivity index (χ0v) is 13.7. The fraction of sp³-hybridized carbons (Fsp3) is 0.235. The molecule has 25 heavy (non-hydrogen) atoms. The number of benzene rings is 1. The molecule has 3 rings (SSSR count). The number of aromatic amines is 1. The lowest BCUT2D eigenvalue weighted by Gasteiger charge is -2.12. The maximum absolute atomic E-state index is 9.60. The van der Waals surface area contributed by atoms with Gasteiger partial charge in [-0.15, -0.1) is 0 Å². The van der Waals surface area contributed by atoms with Crippen molar-refractivity contribution in [3.05, 3.63) is 41.9 Å². The monoisotopic (exact) mass is 339 g/mol. The number of H-pyrrole nitrogens is 1. The van der Waals surface area contributed by atoms with Crippen LogP contribution in [0.15, 0.2) is 30.6 Å². The predicted octanol–water partition coefficient (Wildman–Crippen LogP) is 1.81. The summed E-state index contributed by atoms with van der Waals surface area (Å²) in [6.45, 7) is 1.33. The maximum Gasteiger partial charge on any atom is 0.141 e. The molecule has 2 heterocycles. The molecular formula is C17H21N7O. The van der Waals surface area contributed by atoms with Crippen LogP contribution in [0.2, 0.25) is 0 Å². The van der Waals surface area contributed by atoms with Gasteiger partial charge in [-0.2, -0.15) is 0 Å². The number of anilines is 2. The van der Waals surface area contributed by atoms with Crippen LogP contribution in [0.5, 0.6) is 5.75 Å². The van der Waals surface area contributed by atoms with Crippen molar-refractivity contribution in [1.82, 2.24) is 15.0 Å². The lowest BCUT2D eigenvalue weighted by atomic mass is 10.1. The molecule has 0 bridgehead atoms. The molecule has 0 aliphatic carbocycles. The summed E-state index contributed by atoms with van der Waals surface area (Å²) in [7, 11) is 0. The van der Waals surface area contributed by atoms with E-state index in [4.69, 9.17) is 16.9 Å². The number of nitrogens with zero attached hydrogens (tertiary/aromatic N) is 2. The van der Waals surface area contributed by atoms with Gasteiger partial charge in [-0.3, -0.25) is 5.41 Å². The Labute approximate surface area is 144 Å². The largest absolute Gasteiger partial charge is 0.508 e. The van der Waals surface area contributed by atoms with E-state index in [1.807, 2.05) is 0 Å². The van der Waals surface area contributed by atoms with Crippen molar-refractivity contribution in [2.45, 2.75) is 12.8 Å². The topological polar surface area (TPSA) is 150 Å². The van der Waals surface area contributed by atoms with E-state index in [0.29, 0.717) is 30.2 Å². The summed E-state index contributed by atoms with van der Waals surface area (Å²) in [6.07, 6.45) is 3.19. The van der Waals surface area contributed by atoms with Crippen molar-refractivity contribution >= 4 is 28.3 Å². The molecule has 0 aliphatic rings. The maximum atomic E-state index is 9.60. The minimum atomic E-state index is 0.175. The molecule has 3 aromatic rings. The summed E-state index contributed by atoms with van der Waals surface area (Å²) in [4.78, 5) is 11.4. The number of nitrogen functional groups attached to an aromatic ring is 1. The fourth-order valence-corrected chi connectivity index (χ4v) is 2.65. The number of phenols is 1. The van der Waals surface area contributed by atoms with Crippen LogP contribution >= 0.6 is 0 Å². The molecule has 8 nitrogen and oxygen atoms in total. The summed E-state index contributed by atoms with van der Waals surface area (Å²) in [5.41, 5.74) is 13.5. The lowest BCUT2D eigenvalue weighted by Crippen LogP contribution is -2.15. The third kappa shape index (κ3) is 3.53. The summed E-state index contributed by atoms with van der Waals surface area (Å²) in [5.74, 6) is 0.938. The van der Waals surface area contributed by atoms with E-state index in [0.717, 1.165) is 23.7 Å². The Balaban J connectivity index is 1.92. The molecule has 1 aromatic carbocycles. The predicted molar refractivity (Wildman–Crippen MR) is 99.1 cm³/mol. The van der Waals surface area contributed by atoms with Gasteiger partial charge in [0, 0.05) is 17.4 Å². The number of phenolic OH excluding ortho intramolecular Hbond substituents is 1. The van der Waals surface area contributed by atoms with Gasteiger partial charge in [0.05, 0.1) is 17.0 Å². The highest BCUT2D eigenvalue weighted by molar-refractivity contribution is 6.16. The van der Waals surface area contributed by atoms with E-state index >= 15 is 0 Å². The minimum absolute atomic E-state index is 0.175. The van der Waals surface area contributed by atoms with Crippen molar-refractivity contribution in [3.63, 3.8) is 0 Å². The number of nitrogens with two attached hydrogens (primary N) is 2. The number of fused-ring (bicyclic) bond motifs is 1. The van der Waals surface area contributed by atoms with Gasteiger partial charge in [-0.1, -0.05) is 0 Å². The molecule has 0 amide bonds. The summed E-state index contributed by atoms with van der Waals surface area (Å²) < 4.78 is 0. The fourth-order valence-electron chi connectivity index (χ4n) is 2.65. The average molecular weight is 339 g/mol. The molecule has 0 saturated carbocycles. The second-order valence-corrected chi connectivity index (χ2v) is 5.73. The molecule has 0 radical (unpaired) electrons. The highest BCUT2D eigenvalue weighted by Crippen LogP contribution is 2.25. The first-order valence-corrected chi connectivity index (χ1v) is 8.05. The molecule has 8 heteroatoms. The molecule has 0 unspecified atom stereocenters. The van der Waals surface area contributed by atoms with Gasteiger partial charge in [-0.05, 0) is 43.7 Å². The standard InChI is InChI=1S/C17H21N7O/c18-5-1-2-6-21-17-14(16(20)22-9-23-17)15(19)13-8-10-7-11(25)3-4-12(10)24-13/h3-4,7-9,19,24-25H,1-2,5-6,18H2,(H3,20,21,22,23). The first-order chi connectivity index (χ1) is 12.1. The second-order valence-electron chi connectivity index (χ2n) is 5.73. The Bertz CT molecular complexity index is 903. The first-order valence-electron chi connectivity index (χ1n) is 8.05. The number of hydrogen-bond donors (Lipinski definition) is 6. The van der Waals surface area contributed by atoms with Gasteiger partial charge in [0.2, 0.25) is 0 Å². The van der Waals surface area contributed by atoms with Crippen LogP contribution in [0.1, 0.15) is 24.1 Å². The molecule has 130 valence electrons. The number of aromatic nitrogens is 3. The van der Waals surface area contributed by atoms with E-state index in [9.17, 15) is 5.11 Å². The number of rotatable bonds is 7. The van der Waals surface area contributed by atoms with Crippen molar-refractivity contribution in [2.24, 2.45) is 5.73 Å². The van der Waals surface area contributed by atoms with Crippen molar-refractivity contribution in [3.8, 4) is 5.75 Å². The molecule has 0 spiro atoms. The van der Waals surface area contributed by atoms with Crippen LogP contribution in [0.4, 0.5) is 11.6 Å². The highest BCUT2D eigenvalue weighted by Gasteiger charge is 2.17. The number of aromatic hydroxyl groups is 1. The van der Waals surface area contributed by atoms with Crippen molar-refractivity contribution in [2.75, 3.05) is 24.1 Å². The minimum Gasteiger partial charge on any atom is -0.508 e. The van der Waals surface area contributed by atoms with Crippen molar-refractivity contribution in [1.29, 1.82) is 5.41 Å². The van der Waals surface area contributed by atoms with Crippen LogP contribution in [-0.2, 0) is 0 Å². The van der Waals surface area contributed by atoms with Crippen molar-refractivity contribution < 1.29 is 5.11 Å². The summed E-state index contributed by atoms with van der Waals surface area (Å²) >= 11 is 0. The van der Waals surface area contributed by atoms with E-state index in [1.54, 1.807) is 24.3 Å². The van der Waals surface area contributed by atoms with Crippen LogP contribution in [-0.4, -0.2) is 38.9 Å². The molecule has 2 aromatic heterocycles. The molecule has 0 fully saturated rings. The van der Waals surface area contributed by atoms with Gasteiger partial charge in [0.25, 0.3) is 0 Å². The second kappa shape index (κ2) is 7.18. The van der Waals surface area contributed by atoms with Gasteiger partial charge < -0.3 is 26.9 Å². The smallest absolute Gasteiger partial charge is 0.141 e. The number of hydrogen-bond acceptors (Lipinski definition) is 7. The Morgan fingerprint density at radius 3 is 2.88 bits per heavy atom. The lowest BCUT2D eigenvalue weighted by molar-refractivity contribution is 0.476. The summed E-state index contributed by atoms with van der Waals surface area (Å²) in [6, 6.07) is 6.79. The Morgan fingerprint density at radius 1 is 1.24 bits per heavy atom. The third-order valence-corrected chi connectivity index (χ3v) is 3.92. The van der Waals surface area contributed by atoms with E-state index in [1.165, 1.54) is 6.33 Å². The van der Waals surface area contributed by atoms with Crippen LogP contribution in [0, 0.1) is 5.41 Å². The zero-order chi connectivity index (χ0) is 17.8. The number of nitrogens with one attached hydrogen (secondary N) is 3. The highest BCUT2D eigenvalue weighted by atomic mass is 16.3. The van der Waals surface area contributed by atoms with E-state index in [-0.39, 0.29) is 17.3 Å². The Hall–Kier alpha value is -3.13. The molecular weight excluding hydrogens is 318 g/mol. The van der Waals surface area contributed by atoms with Gasteiger partial charge in [0.15, 0.2) is 0 Å². The molecule has 8 N–H and O–H groups in total. The summed E-state index contributed by atoms with van der Waals surface area (Å²) in [5, 5.41) is 22.2. The van der Waals surface area contributed by atoms with E-state index < -0.39 is 0 Å². The third-order valence-electron chi connectivity index (χ3n) is 3.92. The number of unbranched alkanes of at least 4 members (excludes halogenated alkanes) is 1. The Kier molecular flexibility index (Phi) is 4.80. The average Bonchev–Trinajstić information content (AvgIpc) is 3.01. The van der Waals surface area contributed by atoms with Gasteiger partial charge in [-0.25, -0.2) is 9.97 Å². The molecule has 0 aliphatic heterocycles.